The molecule has 0 aromatic carbocycles. The van der Waals surface area contributed by atoms with E-state index in [0.29, 0.717) is 24.0 Å². The van der Waals surface area contributed by atoms with Gasteiger partial charge < -0.3 is 15.1 Å². The molecule has 0 aliphatic carbocycles. The molecule has 0 bridgehead atoms. The molecule has 4 heteroatoms. The minimum Gasteiger partial charge on any atom is -0.343 e. The minimum atomic E-state index is 0.222. The smallest absolute Gasteiger partial charge is 0.219 e. The molecule has 0 aromatic heterocycles. The van der Waals surface area contributed by atoms with Crippen LogP contribution < -0.4 is 5.32 Å². The van der Waals surface area contributed by atoms with E-state index in [2.05, 4.69) is 31.1 Å². The average Bonchev–Trinajstić information content (AvgIpc) is 2.36. The Labute approximate surface area is 117 Å². The van der Waals surface area contributed by atoms with Gasteiger partial charge in [0.15, 0.2) is 0 Å². The molecule has 2 aliphatic rings. The third-order valence-corrected chi connectivity index (χ3v) is 5.00. The van der Waals surface area contributed by atoms with Crippen LogP contribution in [0, 0.1) is 5.92 Å². The van der Waals surface area contributed by atoms with Crippen LogP contribution in [-0.2, 0) is 4.79 Å². The Morgan fingerprint density at radius 3 is 2.42 bits per heavy atom. The third kappa shape index (κ3) is 3.69. The van der Waals surface area contributed by atoms with Gasteiger partial charge in [-0.1, -0.05) is 6.92 Å². The van der Waals surface area contributed by atoms with E-state index in [4.69, 9.17) is 0 Å². The van der Waals surface area contributed by atoms with Crippen LogP contribution in [0.3, 0.4) is 0 Å². The van der Waals surface area contributed by atoms with Crippen LogP contribution in [0.2, 0.25) is 0 Å². The van der Waals surface area contributed by atoms with Crippen molar-refractivity contribution in [3.63, 3.8) is 0 Å². The second-order valence-corrected chi connectivity index (χ2v) is 6.56. The fourth-order valence-corrected chi connectivity index (χ4v) is 3.44. The number of carbonyl (C=O) groups is 1. The lowest BCUT2D eigenvalue weighted by Gasteiger charge is -2.43. The van der Waals surface area contributed by atoms with Gasteiger partial charge in [-0.25, -0.2) is 0 Å². The van der Waals surface area contributed by atoms with E-state index < -0.39 is 0 Å². The Bertz CT molecular complexity index is 313. The van der Waals surface area contributed by atoms with Crippen LogP contribution in [0.5, 0.6) is 0 Å². The Hall–Kier alpha value is -0.610. The first-order valence-corrected chi connectivity index (χ1v) is 7.69. The van der Waals surface area contributed by atoms with Gasteiger partial charge in [0.05, 0.1) is 0 Å². The molecule has 2 saturated heterocycles. The Balaban J connectivity index is 1.80. The highest BCUT2D eigenvalue weighted by Gasteiger charge is 2.31. The Morgan fingerprint density at radius 1 is 1.21 bits per heavy atom. The molecule has 4 nitrogen and oxygen atoms in total. The second-order valence-electron chi connectivity index (χ2n) is 6.56. The predicted molar refractivity (Wildman–Crippen MR) is 78.1 cm³/mol. The lowest BCUT2D eigenvalue weighted by Crippen LogP contribution is -2.55. The summed E-state index contributed by atoms with van der Waals surface area (Å²) in [5.41, 5.74) is 0. The summed E-state index contributed by atoms with van der Waals surface area (Å²) in [7, 11) is 2.22. The number of hydrogen-bond donors (Lipinski definition) is 1. The van der Waals surface area contributed by atoms with Crippen molar-refractivity contribution in [1.29, 1.82) is 0 Å². The van der Waals surface area contributed by atoms with E-state index in [1.807, 2.05) is 4.90 Å². The number of nitrogens with one attached hydrogen (secondary N) is 1. The normalized spacial score (nSPS) is 34.5. The largest absolute Gasteiger partial charge is 0.343 e. The summed E-state index contributed by atoms with van der Waals surface area (Å²) >= 11 is 0. The maximum Gasteiger partial charge on any atom is 0.219 e. The first-order valence-electron chi connectivity index (χ1n) is 7.69. The highest BCUT2D eigenvalue weighted by molar-refractivity contribution is 5.73. The van der Waals surface area contributed by atoms with Crippen molar-refractivity contribution in [3.05, 3.63) is 0 Å². The van der Waals surface area contributed by atoms with Crippen molar-refractivity contribution < 1.29 is 4.79 Å². The van der Waals surface area contributed by atoms with Gasteiger partial charge in [-0.3, -0.25) is 4.79 Å². The number of piperidine rings is 2. The van der Waals surface area contributed by atoms with Crippen LogP contribution in [0.1, 0.15) is 40.0 Å². The van der Waals surface area contributed by atoms with Gasteiger partial charge in [0.1, 0.15) is 0 Å². The molecule has 3 unspecified atom stereocenters. The number of likely N-dealkylation sites (tertiary alicyclic amines) is 2. The molecule has 1 N–H and O–H groups in total. The monoisotopic (exact) mass is 267 g/mol. The summed E-state index contributed by atoms with van der Waals surface area (Å²) in [6, 6.07) is 1.91. The van der Waals surface area contributed by atoms with Crippen LogP contribution >= 0.6 is 0 Å². The number of hydrogen-bond acceptors (Lipinski definition) is 3. The van der Waals surface area contributed by atoms with Gasteiger partial charge >= 0.3 is 0 Å². The highest BCUT2D eigenvalue weighted by Crippen LogP contribution is 2.22. The standard InChI is InChI=1S/C15H29N3O/c1-11-10-17(4)12(2)9-15(11)16-14-5-7-18(8-6-14)13(3)19/h11-12,14-16H,5-10H2,1-4H3. The van der Waals surface area contributed by atoms with Crippen LogP contribution in [0.15, 0.2) is 0 Å². The predicted octanol–water partition coefficient (Wildman–Crippen LogP) is 1.32. The molecule has 3 atom stereocenters. The lowest BCUT2D eigenvalue weighted by molar-refractivity contribution is -0.129. The zero-order chi connectivity index (χ0) is 14.0. The van der Waals surface area contributed by atoms with Gasteiger partial charge in [0.2, 0.25) is 5.91 Å². The summed E-state index contributed by atoms with van der Waals surface area (Å²) in [5, 5.41) is 3.85. The molecule has 0 spiro atoms. The van der Waals surface area contributed by atoms with Gasteiger partial charge in [0, 0.05) is 44.7 Å². The molecule has 19 heavy (non-hydrogen) atoms. The summed E-state index contributed by atoms with van der Waals surface area (Å²) < 4.78 is 0. The highest BCUT2D eigenvalue weighted by atomic mass is 16.2. The molecule has 0 saturated carbocycles. The van der Waals surface area contributed by atoms with Gasteiger partial charge in [-0.2, -0.15) is 0 Å². The fraction of sp³-hybridized carbons (Fsp3) is 0.933. The Kier molecular flexibility index (Phi) is 4.85. The molecular formula is C15H29N3O. The summed E-state index contributed by atoms with van der Waals surface area (Å²) in [4.78, 5) is 15.8. The van der Waals surface area contributed by atoms with Crippen molar-refractivity contribution in [3.8, 4) is 0 Å². The first-order chi connectivity index (χ1) is 8.97. The van der Waals surface area contributed by atoms with Crippen molar-refractivity contribution >= 4 is 5.91 Å². The van der Waals surface area contributed by atoms with E-state index >= 15 is 0 Å². The second kappa shape index (κ2) is 6.23. The fourth-order valence-electron chi connectivity index (χ4n) is 3.44. The van der Waals surface area contributed by atoms with E-state index in [9.17, 15) is 4.79 Å². The topological polar surface area (TPSA) is 35.6 Å². The quantitative estimate of drug-likeness (QED) is 0.819. The first kappa shape index (κ1) is 14.8. The third-order valence-electron chi connectivity index (χ3n) is 5.00. The number of rotatable bonds is 2. The molecule has 0 radical (unpaired) electrons. The lowest BCUT2D eigenvalue weighted by atomic mass is 9.88. The number of carbonyl (C=O) groups excluding carboxylic acids is 1. The van der Waals surface area contributed by atoms with E-state index in [1.165, 1.54) is 13.0 Å². The van der Waals surface area contributed by atoms with Gasteiger partial charge in [-0.15, -0.1) is 0 Å². The Morgan fingerprint density at radius 2 is 1.84 bits per heavy atom. The van der Waals surface area contributed by atoms with Crippen molar-refractivity contribution in [1.82, 2.24) is 15.1 Å². The van der Waals surface area contributed by atoms with Crippen LogP contribution in [-0.4, -0.2) is 60.5 Å². The maximum absolute atomic E-state index is 11.3. The van der Waals surface area contributed by atoms with E-state index in [1.54, 1.807) is 6.92 Å². The average molecular weight is 267 g/mol. The minimum absolute atomic E-state index is 0.222. The van der Waals surface area contributed by atoms with Crippen molar-refractivity contribution in [2.75, 3.05) is 26.7 Å². The van der Waals surface area contributed by atoms with Crippen LogP contribution in [0.25, 0.3) is 0 Å². The zero-order valence-electron chi connectivity index (χ0n) is 12.9. The molecular weight excluding hydrogens is 238 g/mol. The summed E-state index contributed by atoms with van der Waals surface area (Å²) in [5.74, 6) is 0.937. The van der Waals surface area contributed by atoms with Gasteiger partial charge in [-0.05, 0) is 39.2 Å². The van der Waals surface area contributed by atoms with Crippen molar-refractivity contribution in [2.45, 2.75) is 58.2 Å². The number of nitrogens with zero attached hydrogens (tertiary/aromatic N) is 2. The molecule has 0 aromatic rings. The maximum atomic E-state index is 11.3. The summed E-state index contributed by atoms with van der Waals surface area (Å²) in [6.45, 7) is 9.37. The van der Waals surface area contributed by atoms with E-state index in [0.717, 1.165) is 25.9 Å². The summed E-state index contributed by atoms with van der Waals surface area (Å²) in [6.07, 6.45) is 3.45. The molecule has 2 rings (SSSR count). The molecule has 2 fully saturated rings. The van der Waals surface area contributed by atoms with Crippen LogP contribution in [0.4, 0.5) is 0 Å². The van der Waals surface area contributed by atoms with Gasteiger partial charge in [0.25, 0.3) is 0 Å². The number of amides is 1. The zero-order valence-corrected chi connectivity index (χ0v) is 12.9. The van der Waals surface area contributed by atoms with Crippen molar-refractivity contribution in [2.24, 2.45) is 5.92 Å². The molecule has 1 amide bonds. The molecule has 110 valence electrons. The van der Waals surface area contributed by atoms with E-state index in [-0.39, 0.29) is 5.91 Å². The SMILES string of the molecule is CC(=O)N1CCC(NC2CC(C)N(C)CC2C)CC1. The molecule has 2 heterocycles. The molecule has 2 aliphatic heterocycles.